The summed E-state index contributed by atoms with van der Waals surface area (Å²) in [5.74, 6) is 1.02. The minimum Gasteiger partial charge on any atom is -0.428 e. The van der Waals surface area contributed by atoms with Crippen LogP contribution >= 0.6 is 8.24 Å². The molecule has 1 aromatic heterocycles. The highest BCUT2D eigenvalue weighted by Crippen LogP contribution is 2.47. The van der Waals surface area contributed by atoms with Gasteiger partial charge < -0.3 is 22.4 Å². The van der Waals surface area contributed by atoms with Gasteiger partial charge in [0.25, 0.3) is 0 Å². The minimum absolute atomic E-state index is 0.420. The molecule has 0 aliphatic carbocycles. The second-order valence-corrected chi connectivity index (χ2v) is 13.9. The van der Waals surface area contributed by atoms with Gasteiger partial charge in [0.2, 0.25) is 0 Å². The Morgan fingerprint density at radius 2 is 1.00 bits per heavy atom. The van der Waals surface area contributed by atoms with Crippen molar-refractivity contribution in [1.82, 2.24) is 0 Å². The highest BCUT2D eigenvalue weighted by Gasteiger charge is 2.24. The van der Waals surface area contributed by atoms with Crippen LogP contribution in [0.4, 0.5) is 4.79 Å². The van der Waals surface area contributed by atoms with Crippen molar-refractivity contribution in [3.8, 4) is 22.6 Å². The van der Waals surface area contributed by atoms with E-state index in [2.05, 4.69) is 44.2 Å². The van der Waals surface area contributed by atoms with E-state index in [-0.39, 0.29) is 0 Å². The van der Waals surface area contributed by atoms with Crippen molar-refractivity contribution < 1.29 is 27.2 Å². The van der Waals surface area contributed by atoms with E-state index < -0.39 is 20.0 Å². The highest BCUT2D eigenvalue weighted by molar-refractivity contribution is 7.32. The quantitative estimate of drug-likeness (QED) is 0.149. The molecule has 44 heavy (non-hydrogen) atoms. The maximum atomic E-state index is 12.9. The number of benzene rings is 4. The molecule has 0 atom stereocenters. The summed E-state index contributed by atoms with van der Waals surface area (Å²) < 4.78 is 31.4. The zero-order valence-corrected chi connectivity index (χ0v) is 28.4. The summed E-state index contributed by atoms with van der Waals surface area (Å²) in [6.45, 7) is 21.7. The standard InChI is InChI=1S/C37H41O6P/c1-20-12-24(5)32(39-36(38)40-37(9,10)11)28(16-20)29-17-21(2)13-25(6)33(29)41-44-42-34-26(7)14-22(3)18-30(34)31-19-23(4)15-27(8)35(31)43-44/h12-19H,1-11H3. The summed E-state index contributed by atoms with van der Waals surface area (Å²) in [7, 11) is -1.92. The van der Waals surface area contributed by atoms with Crippen molar-refractivity contribution in [2.24, 2.45) is 0 Å². The minimum atomic E-state index is -1.92. The summed E-state index contributed by atoms with van der Waals surface area (Å²) in [6, 6.07) is 16.6. The van der Waals surface area contributed by atoms with Gasteiger partial charge in [-0.2, -0.15) is 0 Å². The molecule has 7 heteroatoms. The second-order valence-electron chi connectivity index (χ2n) is 12.9. The van der Waals surface area contributed by atoms with Gasteiger partial charge in [-0.05, 0) is 145 Å². The Morgan fingerprint density at radius 1 is 0.591 bits per heavy atom. The molecule has 0 bridgehead atoms. The fraction of sp³-hybridized carbons (Fsp3) is 0.324. The Kier molecular flexibility index (Phi) is 8.35. The largest absolute Gasteiger partial charge is 0.514 e. The van der Waals surface area contributed by atoms with E-state index >= 15 is 0 Å². The molecular weight excluding hydrogens is 571 g/mol. The fourth-order valence-corrected chi connectivity index (χ4v) is 7.04. The molecule has 6 nitrogen and oxygen atoms in total. The van der Waals surface area contributed by atoms with Crippen LogP contribution in [0.25, 0.3) is 33.1 Å². The highest BCUT2D eigenvalue weighted by atomic mass is 31.1. The van der Waals surface area contributed by atoms with Crippen LogP contribution in [0, 0.1) is 55.4 Å². The molecule has 0 aliphatic heterocycles. The molecule has 0 N–H and O–H groups in total. The van der Waals surface area contributed by atoms with E-state index in [1.54, 1.807) is 0 Å². The van der Waals surface area contributed by atoms with Crippen LogP contribution in [0.15, 0.2) is 56.9 Å². The maximum Gasteiger partial charge on any atom is 0.514 e. The predicted molar refractivity (Wildman–Crippen MR) is 179 cm³/mol. The number of hydrogen-bond acceptors (Lipinski definition) is 6. The summed E-state index contributed by atoms with van der Waals surface area (Å²) in [5.41, 5.74) is 10.4. The van der Waals surface area contributed by atoms with Gasteiger partial charge in [0, 0.05) is 21.9 Å². The van der Waals surface area contributed by atoms with Gasteiger partial charge in [0.1, 0.15) is 28.3 Å². The first-order chi connectivity index (χ1) is 20.6. The number of ether oxygens (including phenoxy) is 2. The Morgan fingerprint density at radius 3 is 1.48 bits per heavy atom. The topological polar surface area (TPSA) is 71.0 Å². The summed E-state index contributed by atoms with van der Waals surface area (Å²) in [6.07, 6.45) is -0.762. The van der Waals surface area contributed by atoms with E-state index in [0.717, 1.165) is 77.6 Å². The molecule has 0 fully saturated rings. The smallest absolute Gasteiger partial charge is 0.428 e. The molecule has 1 heterocycles. The molecule has 5 rings (SSSR count). The van der Waals surface area contributed by atoms with Gasteiger partial charge in [-0.15, -0.1) is 0 Å². The number of carbonyl (C=O) groups is 1. The van der Waals surface area contributed by atoms with Gasteiger partial charge in [-0.25, -0.2) is 4.79 Å². The SMILES string of the molecule is Cc1cc(C)c(OC(=O)OC(C)(C)C)c(-c2cc(C)cc(C)c2Op2oc3c(C)cc(C)cc3c3cc(C)cc(C)c3o2)c1. The van der Waals surface area contributed by atoms with Crippen LogP contribution in [-0.2, 0) is 4.74 Å². The van der Waals surface area contributed by atoms with Crippen LogP contribution in [0.5, 0.6) is 11.5 Å². The molecular formula is C37H41O6P. The summed E-state index contributed by atoms with van der Waals surface area (Å²) in [4.78, 5) is 12.9. The average Bonchev–Trinajstić information content (AvgIpc) is 3.03. The lowest BCUT2D eigenvalue weighted by Crippen LogP contribution is -2.26. The Bertz CT molecular complexity index is 1910. The van der Waals surface area contributed by atoms with Gasteiger partial charge >= 0.3 is 14.4 Å². The van der Waals surface area contributed by atoms with Crippen molar-refractivity contribution in [3.63, 3.8) is 0 Å². The Hall–Kier alpha value is -4.15. The normalized spacial score (nSPS) is 11.6. The van der Waals surface area contributed by atoms with E-state index in [1.165, 1.54) is 0 Å². The zero-order chi connectivity index (χ0) is 32.1. The number of aryl methyl sites for hydroxylation is 8. The van der Waals surface area contributed by atoms with Crippen molar-refractivity contribution in [3.05, 3.63) is 93.0 Å². The Labute approximate surface area is 260 Å². The zero-order valence-electron chi connectivity index (χ0n) is 27.5. The number of rotatable bonds is 4. The van der Waals surface area contributed by atoms with Gasteiger partial charge in [0.15, 0.2) is 0 Å². The summed E-state index contributed by atoms with van der Waals surface area (Å²) in [5, 5.41) is 1.97. The first-order valence-corrected chi connectivity index (χ1v) is 15.9. The average molecular weight is 613 g/mol. The third-order valence-electron chi connectivity index (χ3n) is 7.33. The Balaban J connectivity index is 1.76. The number of carbonyl (C=O) groups excluding carboxylic acids is 1. The lowest BCUT2D eigenvalue weighted by molar-refractivity contribution is 0.0205. The molecule has 4 aromatic carbocycles. The van der Waals surface area contributed by atoms with Crippen molar-refractivity contribution in [2.75, 3.05) is 0 Å². The maximum absolute atomic E-state index is 12.9. The monoisotopic (exact) mass is 612 g/mol. The van der Waals surface area contributed by atoms with Crippen LogP contribution < -0.4 is 9.26 Å². The molecule has 0 aliphatic rings. The molecule has 230 valence electrons. The lowest BCUT2D eigenvalue weighted by Gasteiger charge is -2.21. The number of fused-ring (bicyclic) bond motifs is 3. The molecule has 0 unspecified atom stereocenters. The predicted octanol–water partition coefficient (Wildman–Crippen LogP) is 11.6. The van der Waals surface area contributed by atoms with Gasteiger partial charge in [-0.3, -0.25) is 0 Å². The van der Waals surface area contributed by atoms with Crippen molar-refractivity contribution in [1.29, 1.82) is 0 Å². The molecule has 5 aromatic rings. The van der Waals surface area contributed by atoms with Gasteiger partial charge in [-0.1, -0.05) is 24.3 Å². The van der Waals surface area contributed by atoms with Crippen molar-refractivity contribution >= 4 is 36.3 Å². The van der Waals surface area contributed by atoms with Crippen LogP contribution in [-0.4, -0.2) is 11.8 Å². The first-order valence-electron chi connectivity index (χ1n) is 14.8. The molecule has 0 saturated carbocycles. The summed E-state index contributed by atoms with van der Waals surface area (Å²) >= 11 is 0. The van der Waals surface area contributed by atoms with Crippen LogP contribution in [0.3, 0.4) is 0 Å². The molecule has 0 spiro atoms. The number of hydrogen-bond donors (Lipinski definition) is 0. The van der Waals surface area contributed by atoms with Crippen LogP contribution in [0.2, 0.25) is 0 Å². The third-order valence-corrected chi connectivity index (χ3v) is 8.32. The van der Waals surface area contributed by atoms with Gasteiger partial charge in [0.05, 0.1) is 0 Å². The van der Waals surface area contributed by atoms with Crippen LogP contribution in [0.1, 0.15) is 65.3 Å². The van der Waals surface area contributed by atoms with E-state index in [0.29, 0.717) is 11.5 Å². The first kappa shape index (κ1) is 31.3. The lowest BCUT2D eigenvalue weighted by atomic mass is 9.95. The molecule has 0 radical (unpaired) electrons. The molecule has 0 amide bonds. The second kappa shape index (κ2) is 11.7. The van der Waals surface area contributed by atoms with E-state index in [9.17, 15) is 4.79 Å². The van der Waals surface area contributed by atoms with Crippen molar-refractivity contribution in [2.45, 2.75) is 81.8 Å². The van der Waals surface area contributed by atoms with E-state index in [4.69, 9.17) is 22.4 Å². The van der Waals surface area contributed by atoms with E-state index in [1.807, 2.05) is 80.5 Å². The fourth-order valence-electron chi connectivity index (χ4n) is 5.75. The third kappa shape index (κ3) is 6.51. The molecule has 0 saturated heterocycles.